The van der Waals surface area contributed by atoms with Crippen molar-refractivity contribution in [3.63, 3.8) is 0 Å². The molecule has 0 saturated carbocycles. The van der Waals surface area contributed by atoms with Crippen LogP contribution < -0.4 is 16.2 Å². The quantitative estimate of drug-likeness (QED) is 0.0624. The molecule has 6 N–H and O–H groups in total. The van der Waals surface area contributed by atoms with Crippen molar-refractivity contribution in [2.75, 3.05) is 26.2 Å². The largest absolute Gasteiger partial charge is 0.506 e. The van der Waals surface area contributed by atoms with E-state index in [0.717, 1.165) is 43.6 Å². The molecule has 64 heavy (non-hydrogen) atoms. The average Bonchev–Trinajstić information content (AvgIpc) is 3.72. The predicted octanol–water partition coefficient (Wildman–Crippen LogP) is 6.08. The first-order valence-electron chi connectivity index (χ1n) is 21.5. The highest BCUT2D eigenvalue weighted by Gasteiger charge is 2.42. The molecule has 0 radical (unpaired) electrons. The third-order valence-electron chi connectivity index (χ3n) is 12.0. The summed E-state index contributed by atoms with van der Waals surface area (Å²) in [6, 6.07) is 41.7. The van der Waals surface area contributed by atoms with Crippen LogP contribution in [-0.4, -0.2) is 73.1 Å². The Kier molecular flexibility index (Phi) is 13.4. The Bertz CT molecular complexity index is 2770. The Balaban J connectivity index is 0.867. The number of piperidine rings is 1. The molecule has 1 aliphatic rings. The maximum Gasteiger partial charge on any atom is 0.347 e. The van der Waals surface area contributed by atoms with E-state index in [0.29, 0.717) is 39.9 Å². The Labute approximate surface area is 371 Å². The lowest BCUT2D eigenvalue weighted by Gasteiger charge is -2.33. The molecular weight excluding hydrogens is 809 g/mol. The maximum absolute atomic E-state index is 14.0. The van der Waals surface area contributed by atoms with Gasteiger partial charge in [-0.2, -0.15) is 5.10 Å². The van der Waals surface area contributed by atoms with Crippen LogP contribution in [0.2, 0.25) is 0 Å². The molecule has 1 aliphatic heterocycles. The van der Waals surface area contributed by atoms with Crippen LogP contribution in [0.25, 0.3) is 22.2 Å². The van der Waals surface area contributed by atoms with E-state index >= 15 is 0 Å². The SMILES string of the molecule is Cn1nc(C(=O)NCc2ccc(CNC[C@H](O)c3ccc(O)c4[nH]c(=O)ccc34)cc2)cc1-c1cccc([C@](O)(C(=O)OCC2CCN(Cc3ccccc3)CC2)c2ccccc2)c1. The number of aliphatic hydroxyl groups is 2. The number of aryl methyl sites for hydroxylation is 1. The van der Waals surface area contributed by atoms with Gasteiger partial charge in [-0.15, -0.1) is 0 Å². The van der Waals surface area contributed by atoms with Crippen LogP contribution in [0.5, 0.6) is 5.75 Å². The van der Waals surface area contributed by atoms with Gasteiger partial charge in [0.05, 0.1) is 23.9 Å². The number of aromatic nitrogens is 3. The van der Waals surface area contributed by atoms with Crippen LogP contribution in [0.4, 0.5) is 0 Å². The number of aromatic hydroxyl groups is 1. The van der Waals surface area contributed by atoms with E-state index in [-0.39, 0.29) is 54.0 Å². The van der Waals surface area contributed by atoms with Crippen molar-refractivity contribution in [2.24, 2.45) is 13.0 Å². The van der Waals surface area contributed by atoms with Crippen molar-refractivity contribution in [3.05, 3.63) is 189 Å². The zero-order valence-electron chi connectivity index (χ0n) is 35.6. The number of likely N-dealkylation sites (tertiary alicyclic amines) is 1. The van der Waals surface area contributed by atoms with E-state index in [1.165, 1.54) is 17.7 Å². The third kappa shape index (κ3) is 9.98. The van der Waals surface area contributed by atoms with Gasteiger partial charge in [-0.05, 0) is 83.9 Å². The van der Waals surface area contributed by atoms with Crippen molar-refractivity contribution in [1.29, 1.82) is 0 Å². The summed E-state index contributed by atoms with van der Waals surface area (Å²) in [5.41, 5.74) is 3.79. The number of amides is 1. The molecule has 8 rings (SSSR count). The summed E-state index contributed by atoms with van der Waals surface area (Å²) in [7, 11) is 1.74. The zero-order chi connectivity index (χ0) is 44.6. The molecule has 7 aromatic rings. The van der Waals surface area contributed by atoms with Gasteiger partial charge in [0.25, 0.3) is 5.91 Å². The molecule has 0 bridgehead atoms. The van der Waals surface area contributed by atoms with E-state index in [2.05, 4.69) is 49.9 Å². The fraction of sp³-hybridized carbons (Fsp3) is 0.255. The fourth-order valence-electron chi connectivity index (χ4n) is 8.35. The number of carbonyl (C=O) groups excluding carboxylic acids is 2. The van der Waals surface area contributed by atoms with E-state index in [1.54, 1.807) is 72.4 Å². The number of esters is 1. The van der Waals surface area contributed by atoms with Crippen LogP contribution in [-0.2, 0) is 41.8 Å². The monoisotopic (exact) mass is 860 g/mol. The molecule has 5 aromatic carbocycles. The van der Waals surface area contributed by atoms with Crippen molar-refractivity contribution < 1.29 is 29.6 Å². The molecule has 0 unspecified atom stereocenters. The first-order valence-corrected chi connectivity index (χ1v) is 21.5. The van der Waals surface area contributed by atoms with Crippen LogP contribution in [0, 0.1) is 5.92 Å². The minimum absolute atomic E-state index is 0.0637. The van der Waals surface area contributed by atoms with Gasteiger partial charge in [-0.25, -0.2) is 4.79 Å². The third-order valence-corrected chi connectivity index (χ3v) is 12.0. The van der Waals surface area contributed by atoms with E-state index in [1.807, 2.05) is 42.5 Å². The van der Waals surface area contributed by atoms with Crippen molar-refractivity contribution in [3.8, 4) is 17.0 Å². The summed E-state index contributed by atoms with van der Waals surface area (Å²) in [5.74, 6) is -0.979. The van der Waals surface area contributed by atoms with Crippen LogP contribution in [0.3, 0.4) is 0 Å². The number of hydrogen-bond acceptors (Lipinski definition) is 10. The molecule has 2 atom stereocenters. The van der Waals surface area contributed by atoms with Crippen LogP contribution in [0.1, 0.15) is 62.8 Å². The van der Waals surface area contributed by atoms with Crippen LogP contribution >= 0.6 is 0 Å². The number of ether oxygens (including phenoxy) is 1. The molecular formula is C51H52N6O7. The lowest BCUT2D eigenvalue weighted by Crippen LogP contribution is -2.40. The van der Waals surface area contributed by atoms with E-state index in [4.69, 9.17) is 4.74 Å². The second kappa shape index (κ2) is 19.7. The Morgan fingerprint density at radius 2 is 1.52 bits per heavy atom. The van der Waals surface area contributed by atoms with Crippen molar-refractivity contribution in [1.82, 2.24) is 30.3 Å². The molecule has 0 aliphatic carbocycles. The van der Waals surface area contributed by atoms with Gasteiger partial charge in [-0.3, -0.25) is 19.2 Å². The first-order chi connectivity index (χ1) is 31.0. The molecule has 1 saturated heterocycles. The molecule has 1 fully saturated rings. The molecule has 3 heterocycles. The normalized spacial score (nSPS) is 14.8. The molecule has 13 heteroatoms. The van der Waals surface area contributed by atoms with Crippen molar-refractivity contribution >= 4 is 22.8 Å². The van der Waals surface area contributed by atoms with Gasteiger partial charge in [0, 0.05) is 55.8 Å². The molecule has 0 spiro atoms. The Hall–Kier alpha value is -6.90. The van der Waals surface area contributed by atoms with Crippen molar-refractivity contribution in [2.45, 2.75) is 44.2 Å². The summed E-state index contributed by atoms with van der Waals surface area (Å²) in [5, 5.41) is 44.6. The Morgan fingerprint density at radius 1 is 0.828 bits per heavy atom. The van der Waals surface area contributed by atoms with Gasteiger partial charge >= 0.3 is 5.97 Å². The van der Waals surface area contributed by atoms with Crippen LogP contribution in [0.15, 0.2) is 144 Å². The number of rotatable bonds is 16. The average molecular weight is 861 g/mol. The number of hydrogen-bond donors (Lipinski definition) is 6. The number of aliphatic hydroxyl groups excluding tert-OH is 1. The number of benzene rings is 5. The molecule has 13 nitrogen and oxygen atoms in total. The number of pyridine rings is 1. The maximum atomic E-state index is 14.0. The predicted molar refractivity (Wildman–Crippen MR) is 244 cm³/mol. The minimum Gasteiger partial charge on any atom is -0.506 e. The number of nitrogens with one attached hydrogen (secondary N) is 3. The van der Waals surface area contributed by atoms with Gasteiger partial charge in [0.1, 0.15) is 5.75 Å². The second-order valence-corrected chi connectivity index (χ2v) is 16.4. The summed E-state index contributed by atoms with van der Waals surface area (Å²) < 4.78 is 7.54. The van der Waals surface area contributed by atoms with E-state index in [9.17, 15) is 29.7 Å². The Morgan fingerprint density at radius 3 is 2.25 bits per heavy atom. The highest BCUT2D eigenvalue weighted by Crippen LogP contribution is 2.35. The summed E-state index contributed by atoms with van der Waals surface area (Å²) in [6.45, 7) is 3.90. The topological polar surface area (TPSA) is 182 Å². The lowest BCUT2D eigenvalue weighted by molar-refractivity contribution is -0.164. The minimum atomic E-state index is -2.08. The molecule has 1 amide bonds. The zero-order valence-corrected chi connectivity index (χ0v) is 35.6. The number of phenolic OH excluding ortho intramolecular Hbond substituents is 1. The first kappa shape index (κ1) is 43.7. The van der Waals surface area contributed by atoms with Gasteiger partial charge in [0.2, 0.25) is 11.2 Å². The van der Waals surface area contributed by atoms with E-state index < -0.39 is 17.7 Å². The summed E-state index contributed by atoms with van der Waals surface area (Å²) in [6.07, 6.45) is 0.903. The number of fused-ring (bicyclic) bond motifs is 1. The fourth-order valence-corrected chi connectivity index (χ4v) is 8.35. The lowest BCUT2D eigenvalue weighted by atomic mass is 9.85. The van der Waals surface area contributed by atoms with Gasteiger partial charge < -0.3 is 35.7 Å². The second-order valence-electron chi connectivity index (χ2n) is 16.4. The molecule has 2 aromatic heterocycles. The summed E-state index contributed by atoms with van der Waals surface area (Å²) in [4.78, 5) is 44.2. The molecule has 328 valence electrons. The highest BCUT2D eigenvalue weighted by atomic mass is 16.5. The smallest absolute Gasteiger partial charge is 0.347 e. The number of H-pyrrole nitrogens is 1. The highest BCUT2D eigenvalue weighted by molar-refractivity contribution is 5.93. The summed E-state index contributed by atoms with van der Waals surface area (Å²) >= 11 is 0. The van der Waals surface area contributed by atoms with Gasteiger partial charge in [-0.1, -0.05) is 109 Å². The number of carbonyl (C=O) groups is 2. The number of aromatic amines is 1. The van der Waals surface area contributed by atoms with Gasteiger partial charge in [0.15, 0.2) is 5.69 Å². The standard InChI is InChI=1S/C51H52N6O7/c1-56-44(28-43(55-56)49(61)53-30-35-17-15-34(16-18-35)29-52-31-46(59)41-19-21-45(58)48-42(41)20-22-47(60)54-48)38-11-8-14-40(27-38)51(63,39-12-6-3-7-13-39)50(62)64-33-37-23-25-57(26-24-37)32-36-9-4-2-5-10-36/h2-22,27-28,37,46,52,58-59,63H,23-26,29-33H2,1H3,(H,53,61)(H,54,60)/t46-,51-/m0/s1. The number of nitrogens with zero attached hydrogens (tertiary/aromatic N) is 3. The number of phenols is 1.